The second-order valence-corrected chi connectivity index (χ2v) is 6.56. The molecule has 0 spiro atoms. The topological polar surface area (TPSA) is 76.6 Å². The number of hydrogen-bond donors (Lipinski definition) is 1. The number of ether oxygens (including phenoxy) is 2. The molecule has 0 bridgehead atoms. The van der Waals surface area contributed by atoms with E-state index in [4.69, 9.17) is 9.47 Å². The second-order valence-electron chi connectivity index (χ2n) is 6.56. The van der Waals surface area contributed by atoms with E-state index >= 15 is 0 Å². The normalized spacial score (nSPS) is 13.5. The lowest BCUT2D eigenvalue weighted by atomic mass is 10.1. The van der Waals surface area contributed by atoms with Crippen molar-refractivity contribution in [2.75, 3.05) is 38.8 Å². The highest BCUT2D eigenvalue weighted by Crippen LogP contribution is 2.27. The third-order valence-corrected chi connectivity index (χ3v) is 4.75. The molecule has 3 rings (SSSR count). The van der Waals surface area contributed by atoms with Gasteiger partial charge in [0.1, 0.15) is 0 Å². The molecular weight excluding hydrogens is 344 g/mol. The number of carbonyl (C=O) groups is 1. The van der Waals surface area contributed by atoms with E-state index in [1.54, 1.807) is 20.4 Å². The number of methoxy groups -OCH3 is 2. The monoisotopic (exact) mass is 370 g/mol. The lowest BCUT2D eigenvalue weighted by molar-refractivity contribution is 0.0952. The Labute approximate surface area is 159 Å². The third kappa shape index (κ3) is 4.48. The maximum absolute atomic E-state index is 12.5. The highest BCUT2D eigenvalue weighted by Gasteiger charge is 2.17. The lowest BCUT2D eigenvalue weighted by Crippen LogP contribution is -2.28. The van der Waals surface area contributed by atoms with Gasteiger partial charge in [-0.3, -0.25) is 4.79 Å². The van der Waals surface area contributed by atoms with E-state index < -0.39 is 0 Å². The van der Waals surface area contributed by atoms with E-state index in [9.17, 15) is 4.79 Å². The zero-order valence-corrected chi connectivity index (χ0v) is 16.1. The van der Waals surface area contributed by atoms with Crippen LogP contribution in [-0.2, 0) is 6.42 Å². The predicted molar refractivity (Wildman–Crippen MR) is 104 cm³/mol. The number of carbonyl (C=O) groups excluding carboxylic acids is 1. The Morgan fingerprint density at radius 1 is 1.19 bits per heavy atom. The van der Waals surface area contributed by atoms with Gasteiger partial charge in [-0.05, 0) is 43.9 Å². The van der Waals surface area contributed by atoms with Crippen LogP contribution in [0.5, 0.6) is 11.5 Å². The molecule has 7 nitrogen and oxygen atoms in total. The number of aromatic nitrogens is 2. The minimum Gasteiger partial charge on any atom is -0.493 e. The van der Waals surface area contributed by atoms with Gasteiger partial charge in [0.2, 0.25) is 5.95 Å². The summed E-state index contributed by atoms with van der Waals surface area (Å²) in [6.45, 7) is 4.33. The first-order chi connectivity index (χ1) is 13.1. The SMILES string of the molecule is COc1ccc(CCNC(=O)c2cnc(N3CCCC3)nc2C)cc1OC. The summed E-state index contributed by atoms with van der Waals surface area (Å²) in [6.07, 6.45) is 4.65. The minimum atomic E-state index is -0.152. The van der Waals surface area contributed by atoms with Crippen molar-refractivity contribution in [3.8, 4) is 11.5 Å². The summed E-state index contributed by atoms with van der Waals surface area (Å²) in [4.78, 5) is 23.5. The maximum Gasteiger partial charge on any atom is 0.254 e. The number of hydrogen-bond acceptors (Lipinski definition) is 6. The van der Waals surface area contributed by atoms with Crippen molar-refractivity contribution in [2.45, 2.75) is 26.2 Å². The largest absolute Gasteiger partial charge is 0.493 e. The fraction of sp³-hybridized carbons (Fsp3) is 0.450. The van der Waals surface area contributed by atoms with E-state index in [0.29, 0.717) is 41.7 Å². The lowest BCUT2D eigenvalue weighted by Gasteiger charge is -2.16. The van der Waals surface area contributed by atoms with Crippen molar-refractivity contribution in [2.24, 2.45) is 0 Å². The maximum atomic E-state index is 12.5. The summed E-state index contributed by atoms with van der Waals surface area (Å²) in [5.41, 5.74) is 2.28. The molecule has 0 aliphatic carbocycles. The standard InChI is InChI=1S/C20H26N4O3/c1-14-16(13-22-20(23-14)24-10-4-5-11-24)19(25)21-9-8-15-6-7-17(26-2)18(12-15)27-3/h6-7,12-13H,4-5,8-11H2,1-3H3,(H,21,25). The van der Waals surface area contributed by atoms with E-state index in [-0.39, 0.29) is 5.91 Å². The van der Waals surface area contributed by atoms with Crippen LogP contribution in [0.2, 0.25) is 0 Å². The number of nitrogens with zero attached hydrogens (tertiary/aromatic N) is 3. The summed E-state index contributed by atoms with van der Waals surface area (Å²) in [6, 6.07) is 5.75. The van der Waals surface area contributed by atoms with Gasteiger partial charge < -0.3 is 19.7 Å². The molecule has 1 aromatic carbocycles. The second kappa shape index (κ2) is 8.70. The number of amides is 1. The average Bonchev–Trinajstić information content (AvgIpc) is 3.22. The Hall–Kier alpha value is -2.83. The molecular formula is C20H26N4O3. The average molecular weight is 370 g/mol. The molecule has 1 fully saturated rings. The minimum absolute atomic E-state index is 0.152. The van der Waals surface area contributed by atoms with Crippen LogP contribution in [0, 0.1) is 6.92 Å². The van der Waals surface area contributed by atoms with Crippen molar-refractivity contribution in [3.05, 3.63) is 41.2 Å². The van der Waals surface area contributed by atoms with Crippen molar-refractivity contribution < 1.29 is 14.3 Å². The summed E-state index contributed by atoms with van der Waals surface area (Å²) in [5.74, 6) is 1.94. The van der Waals surface area contributed by atoms with Gasteiger partial charge in [-0.15, -0.1) is 0 Å². The molecule has 1 aliphatic heterocycles. The van der Waals surface area contributed by atoms with Gasteiger partial charge >= 0.3 is 0 Å². The summed E-state index contributed by atoms with van der Waals surface area (Å²) in [5, 5.41) is 2.94. The van der Waals surface area contributed by atoms with Crippen LogP contribution in [0.25, 0.3) is 0 Å². The number of anilines is 1. The van der Waals surface area contributed by atoms with Gasteiger partial charge in [0.05, 0.1) is 25.5 Å². The van der Waals surface area contributed by atoms with Gasteiger partial charge in [0.15, 0.2) is 11.5 Å². The van der Waals surface area contributed by atoms with Gasteiger partial charge in [-0.2, -0.15) is 0 Å². The van der Waals surface area contributed by atoms with Crippen LogP contribution in [0.15, 0.2) is 24.4 Å². The number of benzene rings is 1. The fourth-order valence-corrected chi connectivity index (χ4v) is 3.20. The zero-order chi connectivity index (χ0) is 19.2. The molecule has 2 aromatic rings. The smallest absolute Gasteiger partial charge is 0.254 e. The van der Waals surface area contributed by atoms with Crippen LogP contribution < -0.4 is 19.7 Å². The van der Waals surface area contributed by atoms with Crippen LogP contribution >= 0.6 is 0 Å². The molecule has 0 atom stereocenters. The first-order valence-electron chi connectivity index (χ1n) is 9.20. The summed E-state index contributed by atoms with van der Waals surface area (Å²) < 4.78 is 10.5. The molecule has 1 amide bonds. The molecule has 0 unspecified atom stereocenters. The van der Waals surface area contributed by atoms with Crippen molar-refractivity contribution in [1.29, 1.82) is 0 Å². The van der Waals surface area contributed by atoms with Crippen molar-refractivity contribution in [1.82, 2.24) is 15.3 Å². The molecule has 2 heterocycles. The first-order valence-corrected chi connectivity index (χ1v) is 9.20. The Kier molecular flexibility index (Phi) is 6.11. The van der Waals surface area contributed by atoms with Gasteiger partial charge in [0.25, 0.3) is 5.91 Å². The molecule has 144 valence electrons. The number of nitrogens with one attached hydrogen (secondary N) is 1. The molecule has 7 heteroatoms. The van der Waals surface area contributed by atoms with E-state index in [0.717, 1.165) is 18.7 Å². The Bertz CT molecular complexity index is 804. The Morgan fingerprint density at radius 3 is 2.59 bits per heavy atom. The number of aryl methyl sites for hydroxylation is 1. The highest BCUT2D eigenvalue weighted by atomic mass is 16.5. The third-order valence-electron chi connectivity index (χ3n) is 4.75. The van der Waals surface area contributed by atoms with Gasteiger partial charge in [-0.1, -0.05) is 6.07 Å². The number of rotatable bonds is 7. The molecule has 1 aromatic heterocycles. The van der Waals surface area contributed by atoms with Gasteiger partial charge in [0, 0.05) is 25.8 Å². The summed E-state index contributed by atoms with van der Waals surface area (Å²) >= 11 is 0. The molecule has 0 radical (unpaired) electrons. The Morgan fingerprint density at radius 2 is 1.93 bits per heavy atom. The molecule has 27 heavy (non-hydrogen) atoms. The van der Waals surface area contributed by atoms with E-state index in [1.807, 2.05) is 25.1 Å². The van der Waals surface area contributed by atoms with Gasteiger partial charge in [-0.25, -0.2) is 9.97 Å². The van der Waals surface area contributed by atoms with Crippen LogP contribution in [0.1, 0.15) is 34.5 Å². The highest BCUT2D eigenvalue weighted by molar-refractivity contribution is 5.95. The zero-order valence-electron chi connectivity index (χ0n) is 16.1. The van der Waals surface area contributed by atoms with Crippen molar-refractivity contribution in [3.63, 3.8) is 0 Å². The summed E-state index contributed by atoms with van der Waals surface area (Å²) in [7, 11) is 3.22. The first kappa shape index (κ1) is 18.9. The van der Waals surface area contributed by atoms with E-state index in [2.05, 4.69) is 20.2 Å². The van der Waals surface area contributed by atoms with Crippen LogP contribution in [0.3, 0.4) is 0 Å². The fourth-order valence-electron chi connectivity index (χ4n) is 3.20. The molecule has 1 N–H and O–H groups in total. The van der Waals surface area contributed by atoms with E-state index in [1.165, 1.54) is 12.8 Å². The Balaban J connectivity index is 1.57. The van der Waals surface area contributed by atoms with Crippen molar-refractivity contribution >= 4 is 11.9 Å². The molecule has 1 aliphatic rings. The predicted octanol–water partition coefficient (Wildman–Crippen LogP) is 2.37. The molecule has 0 saturated carbocycles. The quantitative estimate of drug-likeness (QED) is 0.806. The van der Waals surface area contributed by atoms with Crippen LogP contribution in [-0.4, -0.2) is 49.7 Å². The van der Waals surface area contributed by atoms with Crippen LogP contribution in [0.4, 0.5) is 5.95 Å². The molecule has 1 saturated heterocycles.